The van der Waals surface area contributed by atoms with Crippen molar-refractivity contribution < 1.29 is 4.39 Å². The van der Waals surface area contributed by atoms with E-state index in [1.807, 2.05) is 6.20 Å². The summed E-state index contributed by atoms with van der Waals surface area (Å²) in [4.78, 5) is 0. The van der Waals surface area contributed by atoms with Gasteiger partial charge in [0.2, 0.25) is 0 Å². The fraction of sp³-hybridized carbons (Fsp3) is 0.308. The first-order valence-corrected chi connectivity index (χ1v) is 6.47. The van der Waals surface area contributed by atoms with E-state index in [2.05, 4.69) is 17.4 Å². The smallest absolute Gasteiger partial charge is 0.129 e. The molecule has 0 aliphatic rings. The maximum atomic E-state index is 13.9. The fourth-order valence-corrected chi connectivity index (χ4v) is 2.28. The lowest BCUT2D eigenvalue weighted by Crippen LogP contribution is -2.29. The van der Waals surface area contributed by atoms with Gasteiger partial charge < -0.3 is 0 Å². The quantitative estimate of drug-likeness (QED) is 0.655. The van der Waals surface area contributed by atoms with Crippen LogP contribution in [0.2, 0.25) is 5.02 Å². The first kappa shape index (κ1) is 14.0. The van der Waals surface area contributed by atoms with Crippen LogP contribution in [-0.2, 0) is 6.54 Å². The molecule has 0 radical (unpaired) electrons. The molecule has 0 fully saturated rings. The van der Waals surface area contributed by atoms with Crippen molar-refractivity contribution >= 4 is 11.6 Å². The zero-order valence-electron chi connectivity index (χ0n) is 10.6. The molecule has 1 unspecified atom stereocenters. The maximum Gasteiger partial charge on any atom is 0.129 e. The zero-order chi connectivity index (χ0) is 13.8. The van der Waals surface area contributed by atoms with Gasteiger partial charge in [0.1, 0.15) is 5.82 Å². The summed E-state index contributed by atoms with van der Waals surface area (Å²) in [6.45, 7) is 2.87. The van der Waals surface area contributed by atoms with Crippen LogP contribution in [0.15, 0.2) is 30.6 Å². The number of nitrogens with zero attached hydrogens (tertiary/aromatic N) is 2. The van der Waals surface area contributed by atoms with E-state index in [9.17, 15) is 4.39 Å². The molecule has 1 atom stereocenters. The van der Waals surface area contributed by atoms with Crippen LogP contribution in [0.3, 0.4) is 0 Å². The van der Waals surface area contributed by atoms with Gasteiger partial charge in [-0.3, -0.25) is 10.5 Å². The predicted molar refractivity (Wildman–Crippen MR) is 73.1 cm³/mol. The molecule has 19 heavy (non-hydrogen) atoms. The second kappa shape index (κ2) is 6.14. The van der Waals surface area contributed by atoms with Crippen molar-refractivity contribution in [2.75, 3.05) is 0 Å². The third kappa shape index (κ3) is 2.94. The Morgan fingerprint density at radius 2 is 2.32 bits per heavy atom. The molecule has 0 bridgehead atoms. The Kier molecular flexibility index (Phi) is 4.52. The van der Waals surface area contributed by atoms with Crippen LogP contribution in [0, 0.1) is 5.82 Å². The Balaban J connectivity index is 2.38. The number of aryl methyl sites for hydroxylation is 1. The van der Waals surface area contributed by atoms with E-state index in [0.29, 0.717) is 10.6 Å². The highest BCUT2D eigenvalue weighted by molar-refractivity contribution is 6.31. The van der Waals surface area contributed by atoms with Gasteiger partial charge in [-0.2, -0.15) is 5.10 Å². The highest BCUT2D eigenvalue weighted by Crippen LogP contribution is 2.29. The lowest BCUT2D eigenvalue weighted by Gasteiger charge is -2.16. The molecule has 2 rings (SSSR count). The van der Waals surface area contributed by atoms with Crippen LogP contribution >= 0.6 is 11.6 Å². The Labute approximate surface area is 116 Å². The van der Waals surface area contributed by atoms with Crippen LogP contribution in [-0.4, -0.2) is 9.78 Å². The van der Waals surface area contributed by atoms with Crippen LogP contribution in [0.5, 0.6) is 0 Å². The Hall–Kier alpha value is -1.43. The number of hydrogen-bond acceptors (Lipinski definition) is 3. The van der Waals surface area contributed by atoms with Crippen molar-refractivity contribution in [3.63, 3.8) is 0 Å². The van der Waals surface area contributed by atoms with Crippen LogP contribution < -0.4 is 11.3 Å². The van der Waals surface area contributed by atoms with E-state index >= 15 is 0 Å². The lowest BCUT2D eigenvalue weighted by atomic mass is 10.0. The van der Waals surface area contributed by atoms with Gasteiger partial charge >= 0.3 is 0 Å². The largest absolute Gasteiger partial charge is 0.272 e. The number of nitrogens with one attached hydrogen (secondary N) is 1. The molecule has 1 aromatic heterocycles. The summed E-state index contributed by atoms with van der Waals surface area (Å²) in [5.41, 5.74) is 3.71. The summed E-state index contributed by atoms with van der Waals surface area (Å²) in [5, 5.41) is 4.55. The van der Waals surface area contributed by atoms with E-state index in [-0.39, 0.29) is 0 Å². The minimum Gasteiger partial charge on any atom is -0.272 e. The van der Waals surface area contributed by atoms with Gasteiger partial charge in [0, 0.05) is 28.9 Å². The van der Waals surface area contributed by atoms with Gasteiger partial charge in [-0.15, -0.1) is 0 Å². The first-order valence-electron chi connectivity index (χ1n) is 6.09. The van der Waals surface area contributed by atoms with Gasteiger partial charge in [-0.1, -0.05) is 24.6 Å². The zero-order valence-corrected chi connectivity index (χ0v) is 11.4. The lowest BCUT2D eigenvalue weighted by molar-refractivity contribution is 0.558. The normalized spacial score (nSPS) is 12.6. The van der Waals surface area contributed by atoms with Crippen molar-refractivity contribution in [3.8, 4) is 0 Å². The van der Waals surface area contributed by atoms with E-state index in [4.69, 9.17) is 17.4 Å². The number of rotatable bonds is 5. The SMILES string of the molecule is CCCn1cc(C(NN)c2c(F)cccc2Cl)cn1. The molecule has 0 amide bonds. The fourth-order valence-electron chi connectivity index (χ4n) is 2.01. The summed E-state index contributed by atoms with van der Waals surface area (Å²) < 4.78 is 15.7. The van der Waals surface area contributed by atoms with E-state index in [1.54, 1.807) is 23.0 Å². The highest BCUT2D eigenvalue weighted by Gasteiger charge is 2.21. The number of aromatic nitrogens is 2. The van der Waals surface area contributed by atoms with Crippen molar-refractivity contribution in [1.82, 2.24) is 15.2 Å². The Bertz CT molecular complexity index is 535. The molecule has 0 saturated carbocycles. The second-order valence-electron chi connectivity index (χ2n) is 4.27. The standard InChI is InChI=1S/C13H16ClFN4/c1-2-6-19-8-9(7-17-19)13(18-16)12-10(14)4-3-5-11(12)15/h3-5,7-8,13,18H,2,6,16H2,1H3. The van der Waals surface area contributed by atoms with Crippen LogP contribution in [0.25, 0.3) is 0 Å². The van der Waals surface area contributed by atoms with E-state index in [1.165, 1.54) is 6.07 Å². The van der Waals surface area contributed by atoms with E-state index < -0.39 is 11.9 Å². The highest BCUT2D eigenvalue weighted by atomic mass is 35.5. The molecule has 0 spiro atoms. The molecular weight excluding hydrogens is 267 g/mol. The molecule has 0 aliphatic heterocycles. The third-order valence-electron chi connectivity index (χ3n) is 2.89. The molecule has 1 aromatic carbocycles. The van der Waals surface area contributed by atoms with Crippen molar-refractivity contribution in [3.05, 3.63) is 52.6 Å². The molecule has 2 aromatic rings. The summed E-state index contributed by atoms with van der Waals surface area (Å²) in [5.74, 6) is 5.16. The van der Waals surface area contributed by atoms with Gasteiger partial charge in [-0.25, -0.2) is 9.82 Å². The Morgan fingerprint density at radius 3 is 2.95 bits per heavy atom. The minimum absolute atomic E-state index is 0.336. The molecule has 6 heteroatoms. The molecule has 3 N–H and O–H groups in total. The summed E-state index contributed by atoms with van der Waals surface area (Å²) in [7, 11) is 0. The molecule has 1 heterocycles. The monoisotopic (exact) mass is 282 g/mol. The maximum absolute atomic E-state index is 13.9. The van der Waals surface area contributed by atoms with Crippen molar-refractivity contribution in [2.45, 2.75) is 25.9 Å². The topological polar surface area (TPSA) is 55.9 Å². The number of hydrazine groups is 1. The minimum atomic E-state index is -0.515. The molecule has 0 saturated heterocycles. The third-order valence-corrected chi connectivity index (χ3v) is 3.22. The molecular formula is C13H16ClFN4. The molecule has 0 aliphatic carbocycles. The molecule has 4 nitrogen and oxygen atoms in total. The van der Waals surface area contributed by atoms with Gasteiger partial charge in [0.15, 0.2) is 0 Å². The number of benzene rings is 1. The first-order chi connectivity index (χ1) is 9.17. The van der Waals surface area contributed by atoms with Crippen LogP contribution in [0.1, 0.15) is 30.5 Å². The van der Waals surface area contributed by atoms with Crippen molar-refractivity contribution in [1.29, 1.82) is 0 Å². The van der Waals surface area contributed by atoms with Crippen LogP contribution in [0.4, 0.5) is 4.39 Å². The van der Waals surface area contributed by atoms with Crippen molar-refractivity contribution in [2.24, 2.45) is 5.84 Å². The van der Waals surface area contributed by atoms with Gasteiger partial charge in [-0.05, 0) is 18.6 Å². The van der Waals surface area contributed by atoms with Gasteiger partial charge in [0.25, 0.3) is 0 Å². The number of nitrogens with two attached hydrogens (primary N) is 1. The Morgan fingerprint density at radius 1 is 1.53 bits per heavy atom. The second-order valence-corrected chi connectivity index (χ2v) is 4.68. The average Bonchev–Trinajstić information content (AvgIpc) is 2.83. The molecule has 102 valence electrons. The predicted octanol–water partition coefficient (Wildman–Crippen LogP) is 2.64. The summed E-state index contributed by atoms with van der Waals surface area (Å²) in [6, 6.07) is 4.05. The van der Waals surface area contributed by atoms with Gasteiger partial charge in [0.05, 0.1) is 12.2 Å². The summed E-state index contributed by atoms with van der Waals surface area (Å²) >= 11 is 6.06. The number of halogens is 2. The average molecular weight is 283 g/mol. The summed E-state index contributed by atoms with van der Waals surface area (Å²) in [6.07, 6.45) is 4.49. The van der Waals surface area contributed by atoms with E-state index in [0.717, 1.165) is 18.5 Å². The number of hydrogen-bond donors (Lipinski definition) is 2.